The normalized spacial score (nSPS) is 13.6. The van der Waals surface area contributed by atoms with Crippen molar-refractivity contribution >= 4 is 52.8 Å². The van der Waals surface area contributed by atoms with E-state index in [2.05, 4.69) is 16.2 Å². The predicted molar refractivity (Wildman–Crippen MR) is 99.1 cm³/mol. The van der Waals surface area contributed by atoms with Gasteiger partial charge < -0.3 is 5.32 Å². The summed E-state index contributed by atoms with van der Waals surface area (Å²) in [6.07, 6.45) is 2.11. The number of thiophene rings is 1. The van der Waals surface area contributed by atoms with Crippen LogP contribution in [0.3, 0.4) is 0 Å². The van der Waals surface area contributed by atoms with Gasteiger partial charge in [0.15, 0.2) is 5.69 Å². The molecule has 2 heterocycles. The van der Waals surface area contributed by atoms with Gasteiger partial charge in [0.1, 0.15) is 0 Å². The van der Waals surface area contributed by atoms with E-state index in [1.54, 1.807) is 23.1 Å². The molecule has 3 rings (SSSR count). The van der Waals surface area contributed by atoms with E-state index < -0.39 is 0 Å². The molecule has 1 aromatic carbocycles. The van der Waals surface area contributed by atoms with Gasteiger partial charge in [-0.15, -0.1) is 24.2 Å². The summed E-state index contributed by atoms with van der Waals surface area (Å²) >= 11 is 9.87. The van der Waals surface area contributed by atoms with Crippen LogP contribution in [0.15, 0.2) is 28.5 Å². The van der Waals surface area contributed by atoms with Gasteiger partial charge in [0.2, 0.25) is 0 Å². The lowest BCUT2D eigenvalue weighted by Crippen LogP contribution is -2.16. The molecule has 0 atom stereocenters. The van der Waals surface area contributed by atoms with Crippen LogP contribution in [0.4, 0.5) is 5.69 Å². The van der Waals surface area contributed by atoms with E-state index in [0.717, 1.165) is 42.4 Å². The summed E-state index contributed by atoms with van der Waals surface area (Å²) in [7, 11) is 0. The third-order valence-corrected chi connectivity index (χ3v) is 6.30. The first kappa shape index (κ1) is 17.7. The molecule has 1 aliphatic heterocycles. The maximum Gasteiger partial charge on any atom is 0.197 e. The molecular formula is C16H16Cl2N2S2. The monoisotopic (exact) mass is 370 g/mol. The van der Waals surface area contributed by atoms with Crippen molar-refractivity contribution in [1.29, 1.82) is 0 Å². The van der Waals surface area contributed by atoms with Crippen LogP contribution in [-0.2, 0) is 18.6 Å². The predicted octanol–water partition coefficient (Wildman–Crippen LogP) is 5.35. The molecule has 0 bridgehead atoms. The maximum absolute atomic E-state index is 7.03. The highest BCUT2D eigenvalue weighted by molar-refractivity contribution is 7.98. The number of hydrogen-bond donors (Lipinski definition) is 1. The molecular weight excluding hydrogens is 355 g/mol. The molecule has 0 saturated heterocycles. The largest absolute Gasteiger partial charge is 0.316 e. The van der Waals surface area contributed by atoms with Crippen LogP contribution in [0.5, 0.6) is 0 Å². The van der Waals surface area contributed by atoms with Crippen LogP contribution in [0, 0.1) is 6.57 Å². The van der Waals surface area contributed by atoms with Crippen LogP contribution in [-0.4, -0.2) is 13.1 Å². The van der Waals surface area contributed by atoms with E-state index >= 15 is 0 Å². The summed E-state index contributed by atoms with van der Waals surface area (Å²) in [5.41, 5.74) is 3.55. The minimum absolute atomic E-state index is 0. The second-order valence-corrected chi connectivity index (χ2v) is 7.32. The van der Waals surface area contributed by atoms with Crippen LogP contribution in [0.1, 0.15) is 16.0 Å². The molecule has 0 unspecified atom stereocenters. The molecule has 116 valence electrons. The number of halogens is 2. The van der Waals surface area contributed by atoms with Gasteiger partial charge in [-0.1, -0.05) is 17.7 Å². The van der Waals surface area contributed by atoms with Crippen molar-refractivity contribution in [2.24, 2.45) is 0 Å². The summed E-state index contributed by atoms with van der Waals surface area (Å²) in [5.74, 6) is 0.879. The van der Waals surface area contributed by atoms with Crippen LogP contribution >= 0.6 is 47.1 Å². The van der Waals surface area contributed by atoms with E-state index in [1.807, 2.05) is 17.5 Å². The molecule has 0 fully saturated rings. The average molecular weight is 371 g/mol. The second kappa shape index (κ2) is 8.24. The Morgan fingerprint density at radius 3 is 2.91 bits per heavy atom. The SMILES string of the molecule is Cl.[C-]#[N+]c1csc(CSc2c(Cl)ccc3c2CCNCC3)c1. The Morgan fingerprint density at radius 1 is 1.32 bits per heavy atom. The molecule has 2 aromatic rings. The lowest BCUT2D eigenvalue weighted by Gasteiger charge is -2.13. The number of benzene rings is 1. The zero-order chi connectivity index (χ0) is 14.7. The molecule has 1 aromatic heterocycles. The number of thioether (sulfide) groups is 1. The van der Waals surface area contributed by atoms with E-state index in [1.165, 1.54) is 20.9 Å². The second-order valence-electron chi connectivity index (χ2n) is 4.94. The van der Waals surface area contributed by atoms with Gasteiger partial charge in [0.25, 0.3) is 0 Å². The van der Waals surface area contributed by atoms with E-state index in [4.69, 9.17) is 18.2 Å². The zero-order valence-corrected chi connectivity index (χ0v) is 15.1. The van der Waals surface area contributed by atoms with Crippen molar-refractivity contribution in [2.75, 3.05) is 13.1 Å². The van der Waals surface area contributed by atoms with Crippen LogP contribution in [0.2, 0.25) is 5.02 Å². The Hall–Kier alpha value is -0.700. The lowest BCUT2D eigenvalue weighted by atomic mass is 10.0. The van der Waals surface area contributed by atoms with Gasteiger partial charge >= 0.3 is 0 Å². The number of hydrogen-bond acceptors (Lipinski definition) is 3. The maximum atomic E-state index is 7.03. The first-order valence-electron chi connectivity index (χ1n) is 6.86. The molecule has 0 saturated carbocycles. The fourth-order valence-electron chi connectivity index (χ4n) is 2.51. The average Bonchev–Trinajstić information content (AvgIpc) is 2.82. The van der Waals surface area contributed by atoms with Crippen molar-refractivity contribution in [2.45, 2.75) is 23.5 Å². The van der Waals surface area contributed by atoms with Gasteiger partial charge in [0, 0.05) is 15.5 Å². The van der Waals surface area contributed by atoms with Crippen molar-refractivity contribution in [1.82, 2.24) is 5.32 Å². The van der Waals surface area contributed by atoms with Crippen LogP contribution in [0.25, 0.3) is 4.85 Å². The standard InChI is InChI=1S/C16H15ClN2S2.ClH/c1-18-12-8-13(20-9-12)10-21-16-14-5-7-19-6-4-11(14)2-3-15(16)17;/h2-3,8-9,19H,4-7,10H2;1H. The van der Waals surface area contributed by atoms with Crippen LogP contribution < -0.4 is 5.32 Å². The molecule has 1 N–H and O–H groups in total. The van der Waals surface area contributed by atoms with Gasteiger partial charge in [-0.25, -0.2) is 4.85 Å². The molecule has 0 aliphatic carbocycles. The minimum Gasteiger partial charge on any atom is -0.316 e. The summed E-state index contributed by atoms with van der Waals surface area (Å²) in [5, 5.41) is 6.21. The molecule has 0 radical (unpaired) electrons. The number of fused-ring (bicyclic) bond motifs is 1. The topological polar surface area (TPSA) is 16.4 Å². The van der Waals surface area contributed by atoms with Crippen molar-refractivity contribution in [3.63, 3.8) is 0 Å². The minimum atomic E-state index is 0. The highest BCUT2D eigenvalue weighted by Gasteiger charge is 2.15. The van der Waals surface area contributed by atoms with Crippen molar-refractivity contribution < 1.29 is 0 Å². The molecule has 0 amide bonds. The Bertz CT molecular complexity index is 692. The van der Waals surface area contributed by atoms with Crippen molar-refractivity contribution in [3.05, 3.63) is 56.0 Å². The quantitative estimate of drug-likeness (QED) is 0.578. The van der Waals surface area contributed by atoms with Gasteiger partial charge in [0.05, 0.1) is 11.6 Å². The fourth-order valence-corrected chi connectivity index (χ4v) is 4.87. The summed E-state index contributed by atoms with van der Waals surface area (Å²) < 4.78 is 0. The highest BCUT2D eigenvalue weighted by Crippen LogP contribution is 2.37. The highest BCUT2D eigenvalue weighted by atomic mass is 35.5. The third kappa shape index (κ3) is 3.98. The fraction of sp³-hybridized carbons (Fsp3) is 0.312. The van der Waals surface area contributed by atoms with E-state index in [0.29, 0.717) is 0 Å². The third-order valence-electron chi connectivity index (χ3n) is 3.56. The first-order chi connectivity index (χ1) is 10.3. The molecule has 1 aliphatic rings. The summed E-state index contributed by atoms with van der Waals surface area (Å²) in [6, 6.07) is 6.16. The first-order valence-corrected chi connectivity index (χ1v) is 9.11. The number of nitrogens with zero attached hydrogens (tertiary/aromatic N) is 1. The Labute approximate surface area is 150 Å². The number of nitrogens with one attached hydrogen (secondary N) is 1. The Kier molecular flexibility index (Phi) is 6.61. The molecule has 22 heavy (non-hydrogen) atoms. The summed E-state index contributed by atoms with van der Waals surface area (Å²) in [6.45, 7) is 9.09. The molecule has 0 spiro atoms. The van der Waals surface area contributed by atoms with Crippen molar-refractivity contribution in [3.8, 4) is 0 Å². The van der Waals surface area contributed by atoms with Gasteiger partial charge in [-0.3, -0.25) is 0 Å². The molecule has 2 nitrogen and oxygen atoms in total. The summed E-state index contributed by atoms with van der Waals surface area (Å²) in [4.78, 5) is 5.91. The van der Waals surface area contributed by atoms with Gasteiger partial charge in [-0.05, 0) is 54.6 Å². The van der Waals surface area contributed by atoms with E-state index in [9.17, 15) is 0 Å². The zero-order valence-electron chi connectivity index (χ0n) is 11.9. The number of rotatable bonds is 3. The lowest BCUT2D eigenvalue weighted by molar-refractivity contribution is 0.709. The Balaban J connectivity index is 0.00000176. The van der Waals surface area contributed by atoms with E-state index in [-0.39, 0.29) is 12.4 Å². The molecule has 6 heteroatoms. The smallest absolute Gasteiger partial charge is 0.197 e. The Morgan fingerprint density at radius 2 is 2.14 bits per heavy atom. The van der Waals surface area contributed by atoms with Gasteiger partial charge in [-0.2, -0.15) is 11.3 Å².